The van der Waals surface area contributed by atoms with Crippen molar-refractivity contribution in [1.29, 1.82) is 5.26 Å². The van der Waals surface area contributed by atoms with Crippen LogP contribution in [0.25, 0.3) is 0 Å². The lowest BCUT2D eigenvalue weighted by atomic mass is 10.00. The quantitative estimate of drug-likeness (QED) is 0.695. The minimum Gasteiger partial charge on any atom is -0.506 e. The van der Waals surface area contributed by atoms with Gasteiger partial charge in [0.05, 0.1) is 26.5 Å². The van der Waals surface area contributed by atoms with E-state index in [2.05, 4.69) is 38.8 Å². The molecule has 0 aliphatic heterocycles. The molecule has 4 nitrogen and oxygen atoms in total. The van der Waals surface area contributed by atoms with Crippen molar-refractivity contribution in [2.24, 2.45) is 5.92 Å². The van der Waals surface area contributed by atoms with E-state index < -0.39 is 5.97 Å². The average Bonchev–Trinajstić information content (AvgIpc) is 2.45. The molecule has 1 rings (SSSR count). The number of carboxylic acids is 1. The minimum absolute atomic E-state index is 0.111. The fourth-order valence-corrected chi connectivity index (χ4v) is 2.77. The van der Waals surface area contributed by atoms with Gasteiger partial charge in [0.25, 0.3) is 0 Å². The molecule has 0 spiro atoms. The Labute approximate surface area is 142 Å². The molecule has 0 saturated heterocycles. The van der Waals surface area contributed by atoms with E-state index in [4.69, 9.17) is 10.4 Å². The number of hydrogen-bond donors (Lipinski definition) is 2. The van der Waals surface area contributed by atoms with Crippen LogP contribution in [-0.2, 0) is 4.79 Å². The molecule has 6 heteroatoms. The second-order valence-electron chi connectivity index (χ2n) is 4.49. The van der Waals surface area contributed by atoms with Crippen LogP contribution in [0.2, 0.25) is 0 Å². The Morgan fingerprint density at radius 3 is 2.19 bits per heavy atom. The number of aliphatic carboxylic acids is 1. The molecule has 0 aromatic heterocycles. The lowest BCUT2D eigenvalue weighted by molar-refractivity contribution is -0.142. The number of halogens is 2. The SMILES string of the molecule is CCCCC(CC)C(=O)O.N#Cc1cc(Br)c(O)c(Br)c1. The van der Waals surface area contributed by atoms with E-state index in [9.17, 15) is 9.90 Å². The highest BCUT2D eigenvalue weighted by atomic mass is 79.9. The Balaban J connectivity index is 0.000000384. The minimum atomic E-state index is -0.643. The molecule has 0 fully saturated rings. The van der Waals surface area contributed by atoms with Crippen LogP contribution in [0.1, 0.15) is 45.1 Å². The number of unbranched alkanes of at least 4 members (excludes halogenated alkanes) is 1. The molecular formula is C15H19Br2NO3. The van der Waals surface area contributed by atoms with E-state index in [-0.39, 0.29) is 11.7 Å². The summed E-state index contributed by atoms with van der Waals surface area (Å²) in [5, 5.41) is 26.3. The first-order chi connectivity index (χ1) is 9.87. The van der Waals surface area contributed by atoms with Gasteiger partial charge in [-0.15, -0.1) is 0 Å². The number of benzene rings is 1. The van der Waals surface area contributed by atoms with Gasteiger partial charge in [0.1, 0.15) is 5.75 Å². The predicted molar refractivity (Wildman–Crippen MR) is 89.2 cm³/mol. The van der Waals surface area contributed by atoms with Crippen LogP contribution in [0.15, 0.2) is 21.1 Å². The van der Waals surface area contributed by atoms with E-state index in [1.807, 2.05) is 13.0 Å². The van der Waals surface area contributed by atoms with E-state index in [1.165, 1.54) is 0 Å². The number of phenols is 1. The molecule has 0 aliphatic rings. The van der Waals surface area contributed by atoms with Crippen LogP contribution in [0, 0.1) is 17.2 Å². The molecule has 0 heterocycles. The van der Waals surface area contributed by atoms with Gasteiger partial charge in [-0.2, -0.15) is 5.26 Å². The molecule has 116 valence electrons. The molecule has 21 heavy (non-hydrogen) atoms. The molecule has 1 aromatic rings. The monoisotopic (exact) mass is 419 g/mol. The highest BCUT2D eigenvalue weighted by Crippen LogP contribution is 2.32. The molecule has 0 amide bonds. The fraction of sp³-hybridized carbons (Fsp3) is 0.467. The Morgan fingerprint density at radius 1 is 1.33 bits per heavy atom. The van der Waals surface area contributed by atoms with Crippen molar-refractivity contribution < 1.29 is 15.0 Å². The third-order valence-electron chi connectivity index (χ3n) is 2.89. The summed E-state index contributed by atoms with van der Waals surface area (Å²) in [5.41, 5.74) is 0.501. The zero-order valence-corrected chi connectivity index (χ0v) is 15.2. The summed E-state index contributed by atoms with van der Waals surface area (Å²) < 4.78 is 1.03. The van der Waals surface area contributed by atoms with Gasteiger partial charge in [-0.1, -0.05) is 26.7 Å². The standard InChI is InChI=1S/C8H16O2.C7H3Br2NO/c1-3-5-6-7(4-2)8(9)10;8-5-1-4(3-10)2-6(9)7(5)11/h7H,3-6H2,1-2H3,(H,9,10);1-2,11H. The maximum absolute atomic E-state index is 10.4. The van der Waals surface area contributed by atoms with E-state index in [0.29, 0.717) is 14.5 Å². The highest BCUT2D eigenvalue weighted by Gasteiger charge is 2.12. The third-order valence-corrected chi connectivity index (χ3v) is 4.10. The number of carboxylic acid groups (broad SMARTS) is 1. The number of nitriles is 1. The number of phenolic OH excluding ortho intramolecular Hbond substituents is 1. The van der Waals surface area contributed by atoms with Gasteiger partial charge in [0.2, 0.25) is 0 Å². The van der Waals surface area contributed by atoms with Crippen molar-refractivity contribution >= 4 is 37.8 Å². The number of rotatable bonds is 5. The van der Waals surface area contributed by atoms with Crippen molar-refractivity contribution in [3.05, 3.63) is 26.6 Å². The fourth-order valence-electron chi connectivity index (χ4n) is 1.58. The number of aromatic hydroxyl groups is 1. The summed E-state index contributed by atoms with van der Waals surface area (Å²) in [4.78, 5) is 10.4. The van der Waals surface area contributed by atoms with Crippen LogP contribution < -0.4 is 0 Å². The summed E-state index contributed by atoms with van der Waals surface area (Å²) in [6.07, 6.45) is 3.71. The maximum Gasteiger partial charge on any atom is 0.306 e. The van der Waals surface area contributed by atoms with E-state index in [0.717, 1.165) is 25.7 Å². The first kappa shape index (κ1) is 19.9. The van der Waals surface area contributed by atoms with Crippen molar-refractivity contribution in [1.82, 2.24) is 0 Å². The van der Waals surface area contributed by atoms with Crippen molar-refractivity contribution in [3.8, 4) is 11.8 Å². The summed E-state index contributed by atoms with van der Waals surface area (Å²) in [6, 6.07) is 5.08. The summed E-state index contributed by atoms with van der Waals surface area (Å²) in [6.45, 7) is 4.00. The Kier molecular flexibility index (Phi) is 10.1. The van der Waals surface area contributed by atoms with E-state index >= 15 is 0 Å². The maximum atomic E-state index is 10.4. The number of carbonyl (C=O) groups is 1. The topological polar surface area (TPSA) is 81.3 Å². The largest absolute Gasteiger partial charge is 0.506 e. The molecule has 0 aliphatic carbocycles. The first-order valence-corrected chi connectivity index (χ1v) is 8.26. The molecule has 0 bridgehead atoms. The van der Waals surface area contributed by atoms with Gasteiger partial charge in [-0.3, -0.25) is 4.79 Å². The molecule has 1 unspecified atom stereocenters. The van der Waals surface area contributed by atoms with Crippen molar-refractivity contribution in [2.75, 3.05) is 0 Å². The van der Waals surface area contributed by atoms with Gasteiger partial charge in [-0.05, 0) is 56.8 Å². The van der Waals surface area contributed by atoms with Crippen molar-refractivity contribution in [3.63, 3.8) is 0 Å². The normalized spacial score (nSPS) is 11.0. The average molecular weight is 421 g/mol. The lowest BCUT2D eigenvalue weighted by Crippen LogP contribution is -2.11. The Hall–Kier alpha value is -1.06. The van der Waals surface area contributed by atoms with E-state index in [1.54, 1.807) is 12.1 Å². The van der Waals surface area contributed by atoms with Gasteiger partial charge in [0.15, 0.2) is 0 Å². The molecule has 0 saturated carbocycles. The zero-order valence-electron chi connectivity index (χ0n) is 12.1. The molecule has 1 aromatic carbocycles. The molecular weight excluding hydrogens is 402 g/mol. The Bertz CT molecular complexity index is 489. The second-order valence-corrected chi connectivity index (χ2v) is 6.19. The smallest absolute Gasteiger partial charge is 0.306 e. The lowest BCUT2D eigenvalue weighted by Gasteiger charge is -2.06. The van der Waals surface area contributed by atoms with Crippen LogP contribution >= 0.6 is 31.9 Å². The predicted octanol–water partition coefficient (Wildman–Crippen LogP) is 5.08. The third kappa shape index (κ3) is 7.49. The first-order valence-electron chi connectivity index (χ1n) is 6.68. The summed E-state index contributed by atoms with van der Waals surface area (Å²) >= 11 is 6.21. The van der Waals surface area contributed by atoms with Gasteiger partial charge in [-0.25, -0.2) is 0 Å². The van der Waals surface area contributed by atoms with Crippen LogP contribution in [0.5, 0.6) is 5.75 Å². The molecule has 1 atom stereocenters. The summed E-state index contributed by atoms with van der Waals surface area (Å²) in [5.74, 6) is -0.639. The highest BCUT2D eigenvalue weighted by molar-refractivity contribution is 9.11. The van der Waals surface area contributed by atoms with Crippen LogP contribution in [0.3, 0.4) is 0 Å². The summed E-state index contributed by atoms with van der Waals surface area (Å²) in [7, 11) is 0. The van der Waals surface area contributed by atoms with Gasteiger partial charge in [0, 0.05) is 0 Å². The number of hydrogen-bond acceptors (Lipinski definition) is 3. The Morgan fingerprint density at radius 2 is 1.86 bits per heavy atom. The number of nitrogens with zero attached hydrogens (tertiary/aromatic N) is 1. The molecule has 2 N–H and O–H groups in total. The molecule has 0 radical (unpaired) electrons. The van der Waals surface area contributed by atoms with Gasteiger partial charge >= 0.3 is 5.97 Å². The second kappa shape index (κ2) is 10.6. The van der Waals surface area contributed by atoms with Crippen molar-refractivity contribution in [2.45, 2.75) is 39.5 Å². The van der Waals surface area contributed by atoms with Crippen LogP contribution in [0.4, 0.5) is 0 Å². The zero-order chi connectivity index (χ0) is 16.4. The van der Waals surface area contributed by atoms with Gasteiger partial charge < -0.3 is 10.2 Å². The van der Waals surface area contributed by atoms with Crippen LogP contribution in [-0.4, -0.2) is 16.2 Å².